The second kappa shape index (κ2) is 8.17. The molecule has 0 aliphatic rings. The van der Waals surface area contributed by atoms with Gasteiger partial charge >= 0.3 is 10.1 Å². The summed E-state index contributed by atoms with van der Waals surface area (Å²) >= 11 is 0. The van der Waals surface area contributed by atoms with E-state index in [2.05, 4.69) is 15.0 Å². The number of hydrogen-bond acceptors (Lipinski definition) is 6. The number of nitrogens with zero attached hydrogens (tertiary/aromatic N) is 4. The zero-order valence-electron chi connectivity index (χ0n) is 15.7. The summed E-state index contributed by atoms with van der Waals surface area (Å²) in [4.78, 5) is 13.2. The minimum absolute atomic E-state index is 0.00379. The summed E-state index contributed by atoms with van der Waals surface area (Å²) in [5.41, 5.74) is 0.773. The summed E-state index contributed by atoms with van der Waals surface area (Å²) in [6.07, 6.45) is 0. The van der Waals surface area contributed by atoms with Crippen LogP contribution in [0.25, 0.3) is 11.3 Å². The molecule has 0 aliphatic carbocycles. The summed E-state index contributed by atoms with van der Waals surface area (Å²) in [6.45, 7) is 0. The van der Waals surface area contributed by atoms with Crippen LogP contribution in [0.2, 0.25) is 0 Å². The first-order valence-electron chi connectivity index (χ1n) is 8.92. The molecule has 0 bridgehead atoms. The molecular formula is C21H14F2N4O3S. The average molecular weight is 440 g/mol. The van der Waals surface area contributed by atoms with Crippen molar-refractivity contribution in [3.05, 3.63) is 90.8 Å². The van der Waals surface area contributed by atoms with Crippen LogP contribution in [0.3, 0.4) is 0 Å². The summed E-state index contributed by atoms with van der Waals surface area (Å²) in [5, 5.41) is -0.532. The van der Waals surface area contributed by atoms with Gasteiger partial charge in [-0.3, -0.25) is 9.45 Å². The van der Waals surface area contributed by atoms with Crippen LogP contribution in [-0.2, 0) is 10.1 Å². The maximum Gasteiger partial charge on any atom is 0.312 e. The highest BCUT2D eigenvalue weighted by Crippen LogP contribution is 2.33. The fraction of sp³-hybridized carbons (Fsp3) is 0. The fourth-order valence-corrected chi connectivity index (χ4v) is 3.39. The Morgan fingerprint density at radius 1 is 0.742 bits per heavy atom. The Kier molecular flexibility index (Phi) is 5.40. The van der Waals surface area contributed by atoms with Gasteiger partial charge in [0.2, 0.25) is 11.9 Å². The number of benzene rings is 1. The van der Waals surface area contributed by atoms with Crippen LogP contribution in [0.4, 0.5) is 26.1 Å². The van der Waals surface area contributed by atoms with Gasteiger partial charge in [-0.05, 0) is 48.5 Å². The number of anilines is 3. The van der Waals surface area contributed by atoms with E-state index >= 15 is 0 Å². The van der Waals surface area contributed by atoms with Gasteiger partial charge < -0.3 is 0 Å². The van der Waals surface area contributed by atoms with E-state index in [0.29, 0.717) is 5.69 Å². The molecule has 1 N–H and O–H groups in total. The lowest BCUT2D eigenvalue weighted by atomic mass is 10.2. The van der Waals surface area contributed by atoms with E-state index in [0.717, 1.165) is 12.1 Å². The highest BCUT2D eigenvalue weighted by Gasteiger charge is 2.19. The van der Waals surface area contributed by atoms with Gasteiger partial charge in [0.15, 0.2) is 5.03 Å². The third-order valence-electron chi connectivity index (χ3n) is 4.27. The van der Waals surface area contributed by atoms with Crippen molar-refractivity contribution >= 4 is 27.4 Å². The van der Waals surface area contributed by atoms with Crippen molar-refractivity contribution in [3.8, 4) is 11.3 Å². The van der Waals surface area contributed by atoms with Gasteiger partial charge in [-0.15, -0.1) is 0 Å². The maximum atomic E-state index is 14.2. The van der Waals surface area contributed by atoms with Crippen LogP contribution in [0.1, 0.15) is 0 Å². The van der Waals surface area contributed by atoms with Gasteiger partial charge in [0.05, 0.1) is 11.3 Å². The fourth-order valence-electron chi connectivity index (χ4n) is 2.93. The quantitative estimate of drug-likeness (QED) is 0.360. The van der Waals surface area contributed by atoms with E-state index in [1.54, 1.807) is 42.5 Å². The molecule has 0 unspecified atom stereocenters. The molecule has 0 aliphatic heterocycles. The lowest BCUT2D eigenvalue weighted by Gasteiger charge is -2.23. The van der Waals surface area contributed by atoms with Crippen LogP contribution in [0, 0.1) is 11.9 Å². The monoisotopic (exact) mass is 440 g/mol. The Morgan fingerprint density at radius 2 is 1.42 bits per heavy atom. The summed E-state index contributed by atoms with van der Waals surface area (Å²) in [7, 11) is -4.54. The molecule has 0 spiro atoms. The summed E-state index contributed by atoms with van der Waals surface area (Å²) in [6, 6.07) is 20.0. The molecule has 0 amide bonds. The highest BCUT2D eigenvalue weighted by molar-refractivity contribution is 7.85. The molecule has 4 aromatic rings. The van der Waals surface area contributed by atoms with Crippen molar-refractivity contribution in [3.63, 3.8) is 0 Å². The summed E-state index contributed by atoms with van der Waals surface area (Å²) in [5.74, 6) is -1.52. The molecule has 10 heteroatoms. The Labute approximate surface area is 176 Å². The number of rotatable bonds is 5. The molecule has 0 radical (unpaired) electrons. The first-order chi connectivity index (χ1) is 14.8. The number of aromatic nitrogens is 3. The van der Waals surface area contributed by atoms with Crippen LogP contribution in [-0.4, -0.2) is 27.9 Å². The van der Waals surface area contributed by atoms with Crippen molar-refractivity contribution < 1.29 is 21.8 Å². The van der Waals surface area contributed by atoms with E-state index in [9.17, 15) is 21.8 Å². The van der Waals surface area contributed by atoms with Crippen LogP contribution < -0.4 is 4.90 Å². The van der Waals surface area contributed by atoms with E-state index < -0.39 is 27.0 Å². The third kappa shape index (κ3) is 4.39. The molecule has 0 atom stereocenters. The topological polar surface area (TPSA) is 96.3 Å². The predicted octanol–water partition coefficient (Wildman–Crippen LogP) is 4.53. The molecule has 31 heavy (non-hydrogen) atoms. The largest absolute Gasteiger partial charge is 0.312 e. The Morgan fingerprint density at radius 3 is 2.10 bits per heavy atom. The van der Waals surface area contributed by atoms with Crippen LogP contribution in [0.15, 0.2) is 83.9 Å². The molecule has 0 saturated heterocycles. The third-order valence-corrected chi connectivity index (χ3v) is 5.03. The SMILES string of the molecule is O=S(=O)(O)c1cccc(N(c2ccccc2)c2cccc(-c3ccc(F)nc3F)n2)n1. The minimum Gasteiger partial charge on any atom is -0.281 e. The van der Waals surface area contributed by atoms with Gasteiger partial charge in [0, 0.05) is 5.69 Å². The molecule has 4 rings (SSSR count). The normalized spacial score (nSPS) is 11.3. The van der Waals surface area contributed by atoms with E-state index in [1.165, 1.54) is 29.2 Å². The van der Waals surface area contributed by atoms with Gasteiger partial charge in [-0.1, -0.05) is 30.3 Å². The second-order valence-electron chi connectivity index (χ2n) is 6.33. The predicted molar refractivity (Wildman–Crippen MR) is 110 cm³/mol. The first-order valence-corrected chi connectivity index (χ1v) is 10.4. The number of pyridine rings is 3. The molecule has 0 saturated carbocycles. The molecule has 1 aromatic carbocycles. The average Bonchev–Trinajstić information content (AvgIpc) is 2.75. The lowest BCUT2D eigenvalue weighted by Crippen LogP contribution is -2.15. The van der Waals surface area contributed by atoms with Crippen LogP contribution in [0.5, 0.6) is 0 Å². The highest BCUT2D eigenvalue weighted by atomic mass is 32.2. The Balaban J connectivity index is 1.88. The van der Waals surface area contributed by atoms with E-state index in [1.807, 2.05) is 0 Å². The zero-order valence-corrected chi connectivity index (χ0v) is 16.5. The molecule has 7 nitrogen and oxygen atoms in total. The lowest BCUT2D eigenvalue weighted by molar-refractivity contribution is 0.479. The maximum absolute atomic E-state index is 14.2. The van der Waals surface area contributed by atoms with Crippen LogP contribution >= 0.6 is 0 Å². The Hall–Kier alpha value is -3.76. The Bertz CT molecular complexity index is 1350. The van der Waals surface area contributed by atoms with Crippen molar-refractivity contribution in [2.75, 3.05) is 4.90 Å². The van der Waals surface area contributed by atoms with Gasteiger partial charge in [0.25, 0.3) is 0 Å². The van der Waals surface area contributed by atoms with Crippen molar-refractivity contribution in [2.45, 2.75) is 5.03 Å². The zero-order chi connectivity index (χ0) is 22.0. The van der Waals surface area contributed by atoms with E-state index in [-0.39, 0.29) is 22.9 Å². The van der Waals surface area contributed by atoms with Crippen molar-refractivity contribution in [1.29, 1.82) is 0 Å². The molecular weight excluding hydrogens is 426 g/mol. The smallest absolute Gasteiger partial charge is 0.281 e. The molecule has 0 fully saturated rings. The van der Waals surface area contributed by atoms with Crippen molar-refractivity contribution in [2.24, 2.45) is 0 Å². The van der Waals surface area contributed by atoms with E-state index in [4.69, 9.17) is 0 Å². The standard InChI is InChI=1S/C21H14F2N4O3S/c22-17-13-12-15(21(23)25-17)16-8-4-9-18(24-16)27(14-6-2-1-3-7-14)19-10-5-11-20(26-19)31(28,29)30/h1-13H,(H,28,29,30). The van der Waals surface area contributed by atoms with Gasteiger partial charge in [-0.2, -0.15) is 22.2 Å². The number of hydrogen-bond donors (Lipinski definition) is 1. The second-order valence-corrected chi connectivity index (χ2v) is 7.70. The first kappa shape index (κ1) is 20.5. The number of halogens is 2. The van der Waals surface area contributed by atoms with Gasteiger partial charge in [0.1, 0.15) is 11.6 Å². The summed E-state index contributed by atoms with van der Waals surface area (Å²) < 4.78 is 59.9. The molecule has 3 heterocycles. The number of para-hydroxylation sites is 1. The van der Waals surface area contributed by atoms with Crippen molar-refractivity contribution in [1.82, 2.24) is 15.0 Å². The minimum atomic E-state index is -4.54. The van der Waals surface area contributed by atoms with Gasteiger partial charge in [-0.25, -0.2) is 9.97 Å². The molecule has 156 valence electrons. The molecule has 3 aromatic heterocycles.